The van der Waals surface area contributed by atoms with Gasteiger partial charge in [0.05, 0.1) is 0 Å². The zero-order valence-corrected chi connectivity index (χ0v) is 8.73. The van der Waals surface area contributed by atoms with Crippen molar-refractivity contribution in [3.05, 3.63) is 29.8 Å². The topological polar surface area (TPSA) is 72.5 Å². The summed E-state index contributed by atoms with van der Waals surface area (Å²) in [4.78, 5) is 10.5. The standard InChI is InChI=1S/C11H14FNO3/c12-5-6-16-9-3-1-8(2-4-9)7-10(13)11(14)15/h1-4,10H,5-7,13H2,(H,14,15)/t10-/m1/s1/i12-1. The maximum atomic E-state index is 11.8. The second kappa shape index (κ2) is 6.07. The van der Waals surface area contributed by atoms with Crippen molar-refractivity contribution in [2.45, 2.75) is 12.5 Å². The Morgan fingerprint density at radius 1 is 1.44 bits per heavy atom. The number of halogens is 1. The van der Waals surface area contributed by atoms with Gasteiger partial charge in [0.15, 0.2) is 0 Å². The van der Waals surface area contributed by atoms with Gasteiger partial charge in [-0.25, -0.2) is 4.39 Å². The van der Waals surface area contributed by atoms with Crippen LogP contribution in [0, 0.1) is 0 Å². The first-order valence-electron chi connectivity index (χ1n) is 4.89. The molecule has 5 heteroatoms. The Hall–Kier alpha value is -1.62. The Labute approximate surface area is 92.8 Å². The predicted molar refractivity (Wildman–Crippen MR) is 57.2 cm³/mol. The van der Waals surface area contributed by atoms with E-state index in [1.54, 1.807) is 24.3 Å². The van der Waals surface area contributed by atoms with Crippen LogP contribution in [0.1, 0.15) is 5.56 Å². The van der Waals surface area contributed by atoms with E-state index in [-0.39, 0.29) is 13.0 Å². The van der Waals surface area contributed by atoms with Crippen LogP contribution >= 0.6 is 0 Å². The average molecular weight is 226 g/mol. The van der Waals surface area contributed by atoms with E-state index in [0.29, 0.717) is 5.75 Å². The summed E-state index contributed by atoms with van der Waals surface area (Å²) in [5, 5.41) is 8.62. The fraction of sp³-hybridized carbons (Fsp3) is 0.364. The Morgan fingerprint density at radius 3 is 2.56 bits per heavy atom. The number of carbonyl (C=O) groups is 1. The number of aliphatic carboxylic acids is 1. The zero-order chi connectivity index (χ0) is 12.0. The second-order valence-corrected chi connectivity index (χ2v) is 3.33. The Morgan fingerprint density at radius 2 is 2.06 bits per heavy atom. The summed E-state index contributed by atoms with van der Waals surface area (Å²) < 4.78 is 16.9. The summed E-state index contributed by atoms with van der Waals surface area (Å²) in [5.74, 6) is -0.469. The summed E-state index contributed by atoms with van der Waals surface area (Å²) in [7, 11) is 0. The van der Waals surface area contributed by atoms with Crippen molar-refractivity contribution in [2.24, 2.45) is 5.73 Å². The van der Waals surface area contributed by atoms with E-state index in [2.05, 4.69) is 0 Å². The van der Waals surface area contributed by atoms with Gasteiger partial charge in [-0.05, 0) is 24.1 Å². The molecule has 88 valence electrons. The van der Waals surface area contributed by atoms with Crippen molar-refractivity contribution < 1.29 is 19.0 Å². The molecule has 0 radical (unpaired) electrons. The molecule has 3 N–H and O–H groups in total. The fourth-order valence-electron chi connectivity index (χ4n) is 1.22. The lowest BCUT2D eigenvalue weighted by Gasteiger charge is -2.07. The van der Waals surface area contributed by atoms with Crippen LogP contribution in [0.5, 0.6) is 5.75 Å². The van der Waals surface area contributed by atoms with Crippen molar-refractivity contribution in [1.82, 2.24) is 0 Å². The molecule has 0 spiro atoms. The number of ether oxygens (including phenoxy) is 1. The first-order chi connectivity index (χ1) is 7.63. The van der Waals surface area contributed by atoms with Crippen LogP contribution in [0.3, 0.4) is 0 Å². The molecule has 0 fully saturated rings. The molecule has 0 unspecified atom stereocenters. The third-order valence-corrected chi connectivity index (χ3v) is 2.04. The van der Waals surface area contributed by atoms with Gasteiger partial charge < -0.3 is 15.6 Å². The van der Waals surface area contributed by atoms with E-state index in [1.807, 2.05) is 0 Å². The Kier molecular flexibility index (Phi) is 4.72. The van der Waals surface area contributed by atoms with Crippen LogP contribution in [0.2, 0.25) is 0 Å². The molecule has 16 heavy (non-hydrogen) atoms. The van der Waals surface area contributed by atoms with Crippen LogP contribution < -0.4 is 10.5 Å². The Bertz CT molecular complexity index is 340. The molecule has 0 bridgehead atoms. The smallest absolute Gasteiger partial charge is 0.320 e. The average Bonchev–Trinajstić information content (AvgIpc) is 2.28. The number of nitrogens with two attached hydrogens (primary N) is 1. The van der Waals surface area contributed by atoms with Gasteiger partial charge in [-0.15, -0.1) is 0 Å². The largest absolute Gasteiger partial charge is 0.491 e. The van der Waals surface area contributed by atoms with Crippen LogP contribution in [0.4, 0.5) is 4.39 Å². The van der Waals surface area contributed by atoms with Crippen LogP contribution in [-0.2, 0) is 11.2 Å². The lowest BCUT2D eigenvalue weighted by Crippen LogP contribution is -2.32. The van der Waals surface area contributed by atoms with E-state index in [9.17, 15) is 9.18 Å². The lowest BCUT2D eigenvalue weighted by molar-refractivity contribution is -0.138. The minimum Gasteiger partial charge on any atom is -0.491 e. The molecule has 4 nitrogen and oxygen atoms in total. The van der Waals surface area contributed by atoms with E-state index in [1.165, 1.54) is 0 Å². The monoisotopic (exact) mass is 226 g/mol. The van der Waals surface area contributed by atoms with Gasteiger partial charge in [0, 0.05) is 0 Å². The van der Waals surface area contributed by atoms with E-state index in [0.717, 1.165) is 5.56 Å². The molecule has 0 amide bonds. The first kappa shape index (κ1) is 12.4. The molecule has 0 aliphatic heterocycles. The highest BCUT2D eigenvalue weighted by Gasteiger charge is 2.11. The SMILES string of the molecule is N[C@H](Cc1ccc(OCC[18F])cc1)C(=O)O. The van der Waals surface area contributed by atoms with Gasteiger partial charge in [-0.2, -0.15) is 0 Å². The summed E-state index contributed by atoms with van der Waals surface area (Å²) >= 11 is 0. The van der Waals surface area contributed by atoms with Gasteiger partial charge in [0.1, 0.15) is 25.1 Å². The zero-order valence-electron chi connectivity index (χ0n) is 8.73. The predicted octanol–water partition coefficient (Wildman–Crippen LogP) is 0.989. The molecule has 1 atom stereocenters. The van der Waals surface area contributed by atoms with Crippen LogP contribution in [0.25, 0.3) is 0 Å². The summed E-state index contributed by atoms with van der Waals surface area (Å²) in [6.07, 6.45) is 0.263. The third-order valence-electron chi connectivity index (χ3n) is 2.04. The molecule has 0 saturated carbocycles. The number of rotatable bonds is 6. The number of benzene rings is 1. The molecule has 0 saturated heterocycles. The number of hydrogen-bond acceptors (Lipinski definition) is 3. The van der Waals surface area contributed by atoms with Gasteiger partial charge >= 0.3 is 5.97 Å². The third kappa shape index (κ3) is 3.86. The van der Waals surface area contributed by atoms with Gasteiger partial charge in [0.25, 0.3) is 0 Å². The molecular weight excluding hydrogens is 212 g/mol. The quantitative estimate of drug-likeness (QED) is 0.758. The number of hydrogen-bond donors (Lipinski definition) is 2. The van der Waals surface area contributed by atoms with Gasteiger partial charge in [-0.3, -0.25) is 4.79 Å². The van der Waals surface area contributed by atoms with Crippen molar-refractivity contribution in [2.75, 3.05) is 13.3 Å². The highest BCUT2D eigenvalue weighted by molar-refractivity contribution is 5.73. The highest BCUT2D eigenvalue weighted by atomic mass is 18.2. The molecule has 1 rings (SSSR count). The highest BCUT2D eigenvalue weighted by Crippen LogP contribution is 2.13. The minimum atomic E-state index is -1.03. The summed E-state index contributed by atoms with van der Waals surface area (Å²) in [6, 6.07) is 5.86. The minimum absolute atomic E-state index is 0.0218. The molecule has 0 aromatic heterocycles. The van der Waals surface area contributed by atoms with Crippen LogP contribution in [-0.4, -0.2) is 30.4 Å². The molecule has 0 aliphatic carbocycles. The van der Waals surface area contributed by atoms with Crippen molar-refractivity contribution in [1.29, 1.82) is 0 Å². The van der Waals surface area contributed by atoms with E-state index >= 15 is 0 Å². The summed E-state index contributed by atoms with van der Waals surface area (Å²) in [5.41, 5.74) is 6.19. The summed E-state index contributed by atoms with van der Waals surface area (Å²) in [6.45, 7) is -0.514. The number of carboxylic acid groups (broad SMARTS) is 1. The molecular formula is C11H14FNO3. The van der Waals surface area contributed by atoms with Gasteiger partial charge in [0.2, 0.25) is 0 Å². The Balaban J connectivity index is 2.54. The second-order valence-electron chi connectivity index (χ2n) is 3.33. The normalized spacial score (nSPS) is 12.1. The van der Waals surface area contributed by atoms with E-state index in [4.69, 9.17) is 15.6 Å². The van der Waals surface area contributed by atoms with Crippen molar-refractivity contribution in [3.63, 3.8) is 0 Å². The number of alkyl halides is 1. The first-order valence-corrected chi connectivity index (χ1v) is 4.89. The number of carboxylic acids is 1. The fourth-order valence-corrected chi connectivity index (χ4v) is 1.22. The molecule has 1 aromatic rings. The molecule has 0 heterocycles. The van der Waals surface area contributed by atoms with Gasteiger partial charge in [-0.1, -0.05) is 12.1 Å². The maximum absolute atomic E-state index is 11.8. The lowest BCUT2D eigenvalue weighted by atomic mass is 10.1. The van der Waals surface area contributed by atoms with E-state index < -0.39 is 18.7 Å². The van der Waals surface area contributed by atoms with Crippen molar-refractivity contribution in [3.8, 4) is 5.75 Å². The van der Waals surface area contributed by atoms with Crippen LogP contribution in [0.15, 0.2) is 24.3 Å². The van der Waals surface area contributed by atoms with Crippen molar-refractivity contribution >= 4 is 5.97 Å². The maximum Gasteiger partial charge on any atom is 0.320 e. The molecule has 0 aliphatic rings. The molecule has 1 aromatic carbocycles.